The Bertz CT molecular complexity index is 564. The Morgan fingerprint density at radius 2 is 2.05 bits per heavy atom. The highest BCUT2D eigenvalue weighted by molar-refractivity contribution is 6.30. The summed E-state index contributed by atoms with van der Waals surface area (Å²) in [5.41, 5.74) is 2.47. The Labute approximate surface area is 116 Å². The van der Waals surface area contributed by atoms with Gasteiger partial charge in [0.1, 0.15) is 0 Å². The van der Waals surface area contributed by atoms with Gasteiger partial charge >= 0.3 is 0 Å². The predicted octanol–water partition coefficient (Wildman–Crippen LogP) is 0.741. The Morgan fingerprint density at radius 1 is 1.16 bits per heavy atom. The van der Waals surface area contributed by atoms with Gasteiger partial charge in [0.05, 0.1) is 42.8 Å². The van der Waals surface area contributed by atoms with Crippen LogP contribution >= 0.6 is 11.6 Å². The van der Waals surface area contributed by atoms with Gasteiger partial charge in [0.25, 0.3) is 0 Å². The van der Waals surface area contributed by atoms with Crippen molar-refractivity contribution in [2.75, 3.05) is 13.2 Å². The monoisotopic (exact) mass is 281 g/mol. The molecule has 0 aliphatic carbocycles. The van der Waals surface area contributed by atoms with E-state index in [0.29, 0.717) is 11.6 Å². The highest BCUT2D eigenvalue weighted by Crippen LogP contribution is 2.22. The number of aliphatic hydroxyl groups is 1. The second-order valence-corrected chi connectivity index (χ2v) is 5.13. The molecule has 3 rings (SSSR count). The predicted molar refractivity (Wildman–Crippen MR) is 70.7 cm³/mol. The number of hydrogen-bond donors (Lipinski definition) is 1. The largest absolute Gasteiger partial charge is 0.394 e. The molecule has 0 bridgehead atoms. The molecule has 0 spiro atoms. The number of aromatic nitrogens is 4. The van der Waals surface area contributed by atoms with Crippen molar-refractivity contribution in [3.8, 4) is 0 Å². The number of hydrogen-bond acceptors (Lipinski definition) is 4. The lowest BCUT2D eigenvalue weighted by molar-refractivity contribution is 0.247. The first-order chi connectivity index (χ1) is 9.26. The van der Waals surface area contributed by atoms with Crippen LogP contribution in [0.4, 0.5) is 0 Å². The Kier molecular flexibility index (Phi) is 3.54. The maximum absolute atomic E-state index is 8.99. The minimum atomic E-state index is 0.125. The van der Waals surface area contributed by atoms with E-state index in [9.17, 15) is 0 Å². The van der Waals surface area contributed by atoms with Gasteiger partial charge in [-0.3, -0.25) is 14.3 Å². The smallest absolute Gasteiger partial charge is 0.0785 e. The van der Waals surface area contributed by atoms with E-state index < -0.39 is 0 Å². The minimum Gasteiger partial charge on any atom is -0.394 e. The van der Waals surface area contributed by atoms with Crippen LogP contribution in [-0.4, -0.2) is 42.7 Å². The van der Waals surface area contributed by atoms with Gasteiger partial charge in [-0.2, -0.15) is 10.2 Å². The van der Waals surface area contributed by atoms with Crippen LogP contribution in [0.2, 0.25) is 5.02 Å². The second-order valence-electron chi connectivity index (χ2n) is 4.70. The molecular formula is C12H16ClN5O. The summed E-state index contributed by atoms with van der Waals surface area (Å²) in [6.07, 6.45) is 5.38. The van der Waals surface area contributed by atoms with E-state index in [1.165, 1.54) is 11.3 Å². The Morgan fingerprint density at radius 3 is 2.79 bits per heavy atom. The van der Waals surface area contributed by atoms with E-state index in [4.69, 9.17) is 16.7 Å². The fourth-order valence-corrected chi connectivity index (χ4v) is 2.58. The fourth-order valence-electron chi connectivity index (χ4n) is 2.42. The Balaban J connectivity index is 1.58. The molecule has 0 saturated carbocycles. The van der Waals surface area contributed by atoms with Gasteiger partial charge < -0.3 is 5.11 Å². The molecule has 6 nitrogen and oxygen atoms in total. The van der Waals surface area contributed by atoms with Gasteiger partial charge in [-0.05, 0) is 0 Å². The molecule has 19 heavy (non-hydrogen) atoms. The lowest BCUT2D eigenvalue weighted by atomic mass is 10.3. The first-order valence-corrected chi connectivity index (χ1v) is 6.69. The molecule has 0 atom stereocenters. The number of nitrogens with zero attached hydrogens (tertiary/aromatic N) is 5. The molecule has 0 amide bonds. The number of aliphatic hydroxyl groups excluding tert-OH is 1. The van der Waals surface area contributed by atoms with E-state index in [1.54, 1.807) is 6.20 Å². The molecular weight excluding hydrogens is 266 g/mol. The van der Waals surface area contributed by atoms with Crippen molar-refractivity contribution < 1.29 is 5.11 Å². The van der Waals surface area contributed by atoms with E-state index in [2.05, 4.69) is 15.1 Å². The molecule has 1 N–H and O–H groups in total. The molecule has 0 unspecified atom stereocenters. The van der Waals surface area contributed by atoms with Gasteiger partial charge in [-0.15, -0.1) is 0 Å². The van der Waals surface area contributed by atoms with Crippen molar-refractivity contribution in [1.82, 2.24) is 24.5 Å². The zero-order chi connectivity index (χ0) is 13.2. The van der Waals surface area contributed by atoms with E-state index in [0.717, 1.165) is 26.2 Å². The van der Waals surface area contributed by atoms with Crippen molar-refractivity contribution in [3.63, 3.8) is 0 Å². The first kappa shape index (κ1) is 12.7. The maximum atomic E-state index is 8.99. The number of rotatable bonds is 5. The lowest BCUT2D eigenvalue weighted by Gasteiger charge is -2.15. The average Bonchev–Trinajstić information content (AvgIpc) is 3.05. The van der Waals surface area contributed by atoms with Gasteiger partial charge in [0.2, 0.25) is 0 Å². The van der Waals surface area contributed by atoms with Crippen LogP contribution in [0.1, 0.15) is 11.3 Å². The summed E-state index contributed by atoms with van der Waals surface area (Å²) in [6.45, 7) is 4.23. The number of fused-ring (bicyclic) bond motifs is 1. The molecule has 0 radical (unpaired) electrons. The number of halogens is 1. The quantitative estimate of drug-likeness (QED) is 0.878. The fraction of sp³-hybridized carbons (Fsp3) is 0.500. The highest BCUT2D eigenvalue weighted by atomic mass is 35.5. The average molecular weight is 282 g/mol. The van der Waals surface area contributed by atoms with Gasteiger partial charge in [-0.1, -0.05) is 11.6 Å². The topological polar surface area (TPSA) is 59.1 Å². The zero-order valence-corrected chi connectivity index (χ0v) is 11.3. The molecule has 7 heteroatoms. The molecule has 2 aromatic rings. The zero-order valence-electron chi connectivity index (χ0n) is 10.5. The minimum absolute atomic E-state index is 0.125. The molecule has 0 saturated heterocycles. The molecule has 3 heterocycles. The van der Waals surface area contributed by atoms with E-state index in [-0.39, 0.29) is 6.61 Å². The van der Waals surface area contributed by atoms with Gasteiger partial charge in [0.15, 0.2) is 0 Å². The maximum Gasteiger partial charge on any atom is 0.0785 e. The van der Waals surface area contributed by atoms with Crippen LogP contribution < -0.4 is 0 Å². The summed E-state index contributed by atoms with van der Waals surface area (Å²) in [6, 6.07) is 0. The van der Waals surface area contributed by atoms with Crippen LogP contribution in [-0.2, 0) is 26.2 Å². The van der Waals surface area contributed by atoms with Crippen LogP contribution in [0, 0.1) is 0 Å². The summed E-state index contributed by atoms with van der Waals surface area (Å²) in [5.74, 6) is 0. The van der Waals surface area contributed by atoms with E-state index >= 15 is 0 Å². The lowest BCUT2D eigenvalue weighted by Crippen LogP contribution is -2.23. The van der Waals surface area contributed by atoms with Crippen molar-refractivity contribution in [2.24, 2.45) is 0 Å². The van der Waals surface area contributed by atoms with Crippen molar-refractivity contribution >= 4 is 11.6 Å². The molecule has 1 aliphatic heterocycles. The molecule has 0 fully saturated rings. The van der Waals surface area contributed by atoms with Crippen molar-refractivity contribution in [1.29, 1.82) is 0 Å². The molecule has 2 aromatic heterocycles. The van der Waals surface area contributed by atoms with Gasteiger partial charge in [0, 0.05) is 31.4 Å². The standard InChI is InChI=1S/C12H16ClN5O/c13-11-6-14-17(8-11)2-1-16-7-10-5-15-18(3-4-19)12(10)9-16/h5-6,8,19H,1-4,7,9H2. The first-order valence-electron chi connectivity index (χ1n) is 6.31. The molecule has 1 aliphatic rings. The van der Waals surface area contributed by atoms with E-state index in [1.807, 2.05) is 21.8 Å². The van der Waals surface area contributed by atoms with Crippen molar-refractivity contribution in [3.05, 3.63) is 34.9 Å². The summed E-state index contributed by atoms with van der Waals surface area (Å²) >= 11 is 5.83. The second kappa shape index (κ2) is 5.32. The SMILES string of the molecule is OCCn1ncc2c1CN(CCn1cc(Cl)cn1)C2. The van der Waals surface area contributed by atoms with Crippen LogP contribution in [0.3, 0.4) is 0 Å². The molecule has 0 aromatic carbocycles. The highest BCUT2D eigenvalue weighted by Gasteiger charge is 2.22. The van der Waals surface area contributed by atoms with Crippen LogP contribution in [0.5, 0.6) is 0 Å². The Hall–Kier alpha value is -1.37. The van der Waals surface area contributed by atoms with Gasteiger partial charge in [-0.25, -0.2) is 0 Å². The van der Waals surface area contributed by atoms with Crippen LogP contribution in [0.15, 0.2) is 18.6 Å². The molecule has 102 valence electrons. The normalized spacial score (nSPS) is 15.1. The third-order valence-electron chi connectivity index (χ3n) is 3.36. The summed E-state index contributed by atoms with van der Waals surface area (Å²) in [5, 5.41) is 18.1. The third-order valence-corrected chi connectivity index (χ3v) is 3.56. The summed E-state index contributed by atoms with van der Waals surface area (Å²) in [7, 11) is 0. The van der Waals surface area contributed by atoms with Crippen LogP contribution in [0.25, 0.3) is 0 Å². The van der Waals surface area contributed by atoms with Crippen molar-refractivity contribution in [2.45, 2.75) is 26.2 Å². The summed E-state index contributed by atoms with van der Waals surface area (Å²) in [4.78, 5) is 2.34. The third kappa shape index (κ3) is 2.65. The summed E-state index contributed by atoms with van der Waals surface area (Å²) < 4.78 is 3.74.